The van der Waals surface area contributed by atoms with Gasteiger partial charge in [-0.3, -0.25) is 4.79 Å². The van der Waals surface area contributed by atoms with Crippen LogP contribution < -0.4 is 21.1 Å². The van der Waals surface area contributed by atoms with Gasteiger partial charge < -0.3 is 21.1 Å². The number of nitrogen functional groups attached to an aromatic ring is 1. The van der Waals surface area contributed by atoms with E-state index in [1.54, 1.807) is 6.20 Å². The number of carbonyl (C=O) groups is 1. The molecule has 0 radical (unpaired) electrons. The Morgan fingerprint density at radius 1 is 1.09 bits per heavy atom. The molecular formula is C28H37N5O2. The predicted octanol–water partition coefficient (Wildman–Crippen LogP) is 5.88. The number of hydrogen-bond acceptors (Lipinski definition) is 6. The van der Waals surface area contributed by atoms with E-state index in [1.165, 1.54) is 0 Å². The maximum Gasteiger partial charge on any atom is 0.258 e. The summed E-state index contributed by atoms with van der Waals surface area (Å²) < 4.78 is 5.78. The van der Waals surface area contributed by atoms with Crippen LogP contribution in [0.4, 0.5) is 17.2 Å². The van der Waals surface area contributed by atoms with Crippen molar-refractivity contribution < 1.29 is 9.53 Å². The first kappa shape index (κ1) is 26.0. The molecule has 2 aromatic carbocycles. The minimum atomic E-state index is -0.104. The molecule has 1 aromatic heterocycles. The Morgan fingerprint density at radius 2 is 1.91 bits per heavy atom. The van der Waals surface area contributed by atoms with Gasteiger partial charge in [-0.05, 0) is 74.1 Å². The van der Waals surface area contributed by atoms with Crippen molar-refractivity contribution in [3.05, 3.63) is 60.3 Å². The first-order valence-corrected chi connectivity index (χ1v) is 12.4. The summed E-state index contributed by atoms with van der Waals surface area (Å²) in [7, 11) is 0. The minimum Gasteiger partial charge on any atom is -0.484 e. The van der Waals surface area contributed by atoms with Crippen LogP contribution in [0.3, 0.4) is 0 Å². The predicted molar refractivity (Wildman–Crippen MR) is 143 cm³/mol. The first-order valence-electron chi connectivity index (χ1n) is 12.4. The maximum absolute atomic E-state index is 12.4. The fraction of sp³-hybridized carbons (Fsp3) is 0.393. The van der Waals surface area contributed by atoms with E-state index in [9.17, 15) is 4.79 Å². The van der Waals surface area contributed by atoms with Crippen LogP contribution in [-0.4, -0.2) is 28.5 Å². The monoisotopic (exact) mass is 475 g/mol. The highest BCUT2D eigenvalue weighted by molar-refractivity contribution is 5.78. The van der Waals surface area contributed by atoms with E-state index in [0.717, 1.165) is 48.2 Å². The van der Waals surface area contributed by atoms with Gasteiger partial charge in [0.2, 0.25) is 0 Å². The largest absolute Gasteiger partial charge is 0.484 e. The van der Waals surface area contributed by atoms with Crippen LogP contribution in [0.5, 0.6) is 5.75 Å². The number of amides is 1. The number of nitrogens with two attached hydrogens (primary N) is 1. The highest BCUT2D eigenvalue weighted by Crippen LogP contribution is 2.24. The summed E-state index contributed by atoms with van der Waals surface area (Å²) in [5.74, 6) is 2.40. The number of ether oxygens (including phenoxy) is 1. The smallest absolute Gasteiger partial charge is 0.258 e. The lowest BCUT2D eigenvalue weighted by atomic mass is 9.98. The SMILES string of the molecule is CCC(C)CCC(CC)NC(=O)COc1cccc(-c2nccc(Nc3ccc(N)c(C)c3)n2)c1. The van der Waals surface area contributed by atoms with Crippen molar-refractivity contribution in [2.75, 3.05) is 17.7 Å². The molecule has 0 aliphatic rings. The quantitative estimate of drug-likeness (QED) is 0.283. The van der Waals surface area contributed by atoms with E-state index in [1.807, 2.05) is 55.5 Å². The number of aromatic nitrogens is 2. The zero-order valence-corrected chi connectivity index (χ0v) is 21.2. The molecule has 0 spiro atoms. The summed E-state index contributed by atoms with van der Waals surface area (Å²) in [6.45, 7) is 8.49. The molecule has 0 saturated heterocycles. The van der Waals surface area contributed by atoms with E-state index in [-0.39, 0.29) is 18.6 Å². The Hall–Kier alpha value is -3.61. The Labute approximate surface area is 208 Å². The molecule has 3 aromatic rings. The topological polar surface area (TPSA) is 102 Å². The van der Waals surface area contributed by atoms with E-state index < -0.39 is 0 Å². The summed E-state index contributed by atoms with van der Waals surface area (Å²) in [5, 5.41) is 6.39. The molecule has 0 bridgehead atoms. The van der Waals surface area contributed by atoms with Crippen molar-refractivity contribution >= 4 is 23.1 Å². The Bertz CT molecular complexity index is 1120. The van der Waals surface area contributed by atoms with Gasteiger partial charge in [-0.2, -0.15) is 0 Å². The van der Waals surface area contributed by atoms with Gasteiger partial charge in [0.05, 0.1) is 0 Å². The van der Waals surface area contributed by atoms with Crippen molar-refractivity contribution in [2.45, 2.75) is 59.4 Å². The van der Waals surface area contributed by atoms with E-state index >= 15 is 0 Å². The van der Waals surface area contributed by atoms with Crippen molar-refractivity contribution in [1.82, 2.24) is 15.3 Å². The van der Waals surface area contributed by atoms with Gasteiger partial charge in [0.25, 0.3) is 5.91 Å². The van der Waals surface area contributed by atoms with Crippen LogP contribution in [0.2, 0.25) is 0 Å². The third-order valence-corrected chi connectivity index (χ3v) is 6.22. The summed E-state index contributed by atoms with van der Waals surface area (Å²) in [4.78, 5) is 21.5. The average Bonchev–Trinajstić information content (AvgIpc) is 2.87. The highest BCUT2D eigenvalue weighted by atomic mass is 16.5. The number of aryl methyl sites for hydroxylation is 1. The van der Waals surface area contributed by atoms with E-state index in [0.29, 0.717) is 23.3 Å². The summed E-state index contributed by atoms with van der Waals surface area (Å²) >= 11 is 0. The second kappa shape index (κ2) is 12.7. The number of nitrogens with one attached hydrogen (secondary N) is 2. The first-order chi connectivity index (χ1) is 16.9. The molecule has 7 heteroatoms. The van der Waals surface area contributed by atoms with E-state index in [4.69, 9.17) is 10.5 Å². The molecule has 186 valence electrons. The zero-order valence-electron chi connectivity index (χ0n) is 21.2. The lowest BCUT2D eigenvalue weighted by Crippen LogP contribution is -2.37. The maximum atomic E-state index is 12.4. The van der Waals surface area contributed by atoms with Crippen molar-refractivity contribution in [3.8, 4) is 17.1 Å². The molecule has 1 amide bonds. The number of benzene rings is 2. The number of carbonyl (C=O) groups excluding carboxylic acids is 1. The standard InChI is InChI=1S/C28H37N5O2/c1-5-19(3)10-11-22(6-2)32-27(34)18-35-24-9-7-8-21(17-24)28-30-15-14-26(33-28)31-23-12-13-25(29)20(4)16-23/h7-9,12-17,19,22H,5-6,10-11,18,29H2,1-4H3,(H,32,34)(H,30,31,33). The van der Waals surface area contributed by atoms with Gasteiger partial charge in [-0.15, -0.1) is 0 Å². The lowest BCUT2D eigenvalue weighted by molar-refractivity contribution is -0.123. The van der Waals surface area contributed by atoms with Gasteiger partial charge in [-0.1, -0.05) is 39.3 Å². The normalized spacial score (nSPS) is 12.6. The van der Waals surface area contributed by atoms with Crippen LogP contribution in [0.25, 0.3) is 11.4 Å². The fourth-order valence-electron chi connectivity index (χ4n) is 3.68. The average molecular weight is 476 g/mol. The molecule has 0 saturated carbocycles. The van der Waals surface area contributed by atoms with Gasteiger partial charge >= 0.3 is 0 Å². The summed E-state index contributed by atoms with van der Waals surface area (Å²) in [5.41, 5.74) is 9.37. The molecule has 0 aliphatic carbocycles. The van der Waals surface area contributed by atoms with E-state index in [2.05, 4.69) is 41.4 Å². The molecule has 35 heavy (non-hydrogen) atoms. The summed E-state index contributed by atoms with van der Waals surface area (Å²) in [6.07, 6.45) is 5.89. The molecule has 0 aliphatic heterocycles. The van der Waals surface area contributed by atoms with Crippen LogP contribution in [0, 0.1) is 12.8 Å². The Kier molecular flexibility index (Phi) is 9.47. The van der Waals surface area contributed by atoms with Gasteiger partial charge in [0.1, 0.15) is 11.6 Å². The number of anilines is 3. The molecule has 0 fully saturated rings. The van der Waals surface area contributed by atoms with Crippen molar-refractivity contribution in [2.24, 2.45) is 5.92 Å². The van der Waals surface area contributed by atoms with Crippen molar-refractivity contribution in [1.29, 1.82) is 0 Å². The molecule has 4 N–H and O–H groups in total. The second-order valence-electron chi connectivity index (χ2n) is 9.04. The third-order valence-electron chi connectivity index (χ3n) is 6.22. The van der Waals surface area contributed by atoms with Crippen molar-refractivity contribution in [3.63, 3.8) is 0 Å². The molecule has 1 heterocycles. The van der Waals surface area contributed by atoms with Crippen LogP contribution in [-0.2, 0) is 4.79 Å². The Balaban J connectivity index is 1.60. The molecular weight excluding hydrogens is 438 g/mol. The summed E-state index contributed by atoms with van der Waals surface area (Å²) in [6, 6.07) is 15.2. The van der Waals surface area contributed by atoms with Crippen LogP contribution in [0.1, 0.15) is 52.0 Å². The lowest BCUT2D eigenvalue weighted by Gasteiger charge is -2.19. The number of nitrogens with zero attached hydrogens (tertiary/aromatic N) is 2. The molecule has 3 rings (SSSR count). The van der Waals surface area contributed by atoms with Gasteiger partial charge in [-0.25, -0.2) is 9.97 Å². The molecule has 7 nitrogen and oxygen atoms in total. The molecule has 2 atom stereocenters. The Morgan fingerprint density at radius 3 is 2.66 bits per heavy atom. The highest BCUT2D eigenvalue weighted by Gasteiger charge is 2.13. The third kappa shape index (κ3) is 7.98. The van der Waals surface area contributed by atoms with Gasteiger partial charge in [0.15, 0.2) is 12.4 Å². The minimum absolute atomic E-state index is 0.0256. The van der Waals surface area contributed by atoms with Crippen LogP contribution in [0.15, 0.2) is 54.7 Å². The van der Waals surface area contributed by atoms with Gasteiger partial charge in [0, 0.05) is 29.2 Å². The molecule has 2 unspecified atom stereocenters. The zero-order chi connectivity index (χ0) is 25.2. The van der Waals surface area contributed by atoms with Crippen LogP contribution >= 0.6 is 0 Å². The number of hydrogen-bond donors (Lipinski definition) is 3. The second-order valence-corrected chi connectivity index (χ2v) is 9.04. The fourth-order valence-corrected chi connectivity index (χ4v) is 3.68. The number of rotatable bonds is 12.